The van der Waals surface area contributed by atoms with Gasteiger partial charge in [0.05, 0.1) is 0 Å². The highest BCUT2D eigenvalue weighted by molar-refractivity contribution is 5.97. The molecule has 4 N–H and O–H groups in total. The molecule has 2 aliphatic rings. The molecular weight excluding hydrogens is 358 g/mol. The molecule has 1 saturated carbocycles. The molecule has 1 spiro atoms. The third kappa shape index (κ3) is 3.88. The summed E-state index contributed by atoms with van der Waals surface area (Å²) in [6.07, 6.45) is 4.23. The number of ether oxygens (including phenoxy) is 2. The summed E-state index contributed by atoms with van der Waals surface area (Å²) in [4.78, 5) is 24.1. The molecule has 4 rings (SSSR count). The fourth-order valence-electron chi connectivity index (χ4n) is 3.75. The topological polar surface area (TPSA) is 103 Å². The summed E-state index contributed by atoms with van der Waals surface area (Å²) in [6, 6.07) is 13.2. The van der Waals surface area contributed by atoms with Gasteiger partial charge in [-0.15, -0.1) is 0 Å². The first kappa shape index (κ1) is 18.2. The van der Waals surface area contributed by atoms with Crippen molar-refractivity contribution in [3.63, 3.8) is 0 Å². The van der Waals surface area contributed by atoms with E-state index in [9.17, 15) is 9.59 Å². The van der Waals surface area contributed by atoms with Crippen molar-refractivity contribution in [3.8, 4) is 11.5 Å². The van der Waals surface area contributed by atoms with Gasteiger partial charge in [0.1, 0.15) is 6.04 Å². The summed E-state index contributed by atoms with van der Waals surface area (Å²) in [5, 5.41) is 5.34. The molecule has 7 heteroatoms. The Morgan fingerprint density at radius 2 is 1.75 bits per heavy atom. The first-order chi connectivity index (χ1) is 13.5. The average Bonchev–Trinajstić information content (AvgIpc) is 3.27. The Morgan fingerprint density at radius 3 is 2.46 bits per heavy atom. The standard InChI is InChI=1S/C21H23N3O4/c22-20(26)24-16(12-14-6-2-1-3-7-14)19(25)23-15-8-9-17-18(13-15)28-21(27-17)10-4-5-11-21/h1-3,6-9,13,16H,4-5,10-12H2,(H,23,25)(H3,22,24,26). The second-order valence-corrected chi connectivity index (χ2v) is 7.22. The minimum atomic E-state index is -0.786. The van der Waals surface area contributed by atoms with Gasteiger partial charge in [0.2, 0.25) is 5.91 Å². The van der Waals surface area contributed by atoms with Crippen LogP contribution in [0.3, 0.4) is 0 Å². The van der Waals surface area contributed by atoms with Crippen molar-refractivity contribution in [1.82, 2.24) is 5.32 Å². The molecule has 0 radical (unpaired) electrons. The maximum absolute atomic E-state index is 12.7. The van der Waals surface area contributed by atoms with Crippen LogP contribution in [0, 0.1) is 0 Å². The van der Waals surface area contributed by atoms with Crippen LogP contribution in [0.4, 0.5) is 10.5 Å². The van der Waals surface area contributed by atoms with E-state index in [1.54, 1.807) is 18.2 Å². The van der Waals surface area contributed by atoms with E-state index in [1.807, 2.05) is 30.3 Å². The van der Waals surface area contributed by atoms with Gasteiger partial charge in [-0.1, -0.05) is 30.3 Å². The van der Waals surface area contributed by atoms with E-state index >= 15 is 0 Å². The van der Waals surface area contributed by atoms with E-state index < -0.39 is 17.9 Å². The SMILES string of the molecule is NC(=O)NC(Cc1ccccc1)C(=O)Nc1ccc2c(c1)OC1(CCCC1)O2. The Bertz CT molecular complexity index is 878. The molecule has 1 unspecified atom stereocenters. The van der Waals surface area contributed by atoms with Crippen molar-refractivity contribution in [1.29, 1.82) is 0 Å². The molecule has 1 heterocycles. The number of carbonyl (C=O) groups excluding carboxylic acids is 2. The fourth-order valence-corrected chi connectivity index (χ4v) is 3.75. The highest BCUT2D eigenvalue weighted by atomic mass is 16.7. The van der Waals surface area contributed by atoms with Crippen LogP contribution >= 0.6 is 0 Å². The van der Waals surface area contributed by atoms with E-state index in [0.717, 1.165) is 31.2 Å². The number of hydrogen-bond donors (Lipinski definition) is 3. The first-order valence-corrected chi connectivity index (χ1v) is 9.46. The first-order valence-electron chi connectivity index (χ1n) is 9.46. The number of fused-ring (bicyclic) bond motifs is 1. The number of urea groups is 1. The average molecular weight is 381 g/mol. The Labute approximate surface area is 163 Å². The molecular formula is C21H23N3O4. The van der Waals surface area contributed by atoms with Crippen LogP contribution in [0.5, 0.6) is 11.5 Å². The number of anilines is 1. The zero-order valence-electron chi connectivity index (χ0n) is 15.4. The van der Waals surface area contributed by atoms with Gasteiger partial charge >= 0.3 is 6.03 Å². The molecule has 28 heavy (non-hydrogen) atoms. The summed E-state index contributed by atoms with van der Waals surface area (Å²) >= 11 is 0. The van der Waals surface area contributed by atoms with Crippen LogP contribution in [0.25, 0.3) is 0 Å². The largest absolute Gasteiger partial charge is 0.448 e. The molecule has 1 aliphatic heterocycles. The normalized spacial score (nSPS) is 17.3. The lowest BCUT2D eigenvalue weighted by Gasteiger charge is -2.21. The van der Waals surface area contributed by atoms with Crippen molar-refractivity contribution in [3.05, 3.63) is 54.1 Å². The Balaban J connectivity index is 1.46. The van der Waals surface area contributed by atoms with Crippen molar-refractivity contribution in [2.75, 3.05) is 5.32 Å². The summed E-state index contributed by atoms with van der Waals surface area (Å²) < 4.78 is 12.0. The van der Waals surface area contributed by atoms with Gasteiger partial charge in [-0.3, -0.25) is 4.79 Å². The monoisotopic (exact) mass is 381 g/mol. The minimum Gasteiger partial charge on any atom is -0.448 e. The zero-order chi connectivity index (χ0) is 19.6. The summed E-state index contributed by atoms with van der Waals surface area (Å²) in [5.74, 6) is 0.421. The molecule has 0 bridgehead atoms. The lowest BCUT2D eigenvalue weighted by Crippen LogP contribution is -2.47. The third-order valence-electron chi connectivity index (χ3n) is 5.08. The third-order valence-corrected chi connectivity index (χ3v) is 5.08. The van der Waals surface area contributed by atoms with E-state index in [4.69, 9.17) is 15.2 Å². The van der Waals surface area contributed by atoms with Crippen LogP contribution in [-0.2, 0) is 11.2 Å². The number of amides is 3. The molecule has 1 aliphatic carbocycles. The maximum atomic E-state index is 12.7. The molecule has 2 aromatic carbocycles. The molecule has 1 atom stereocenters. The highest BCUT2D eigenvalue weighted by Gasteiger charge is 2.44. The van der Waals surface area contributed by atoms with Gasteiger partial charge in [-0.25, -0.2) is 4.79 Å². The molecule has 1 fully saturated rings. The number of hydrogen-bond acceptors (Lipinski definition) is 4. The summed E-state index contributed by atoms with van der Waals surface area (Å²) in [7, 11) is 0. The second-order valence-electron chi connectivity index (χ2n) is 7.22. The van der Waals surface area contributed by atoms with Gasteiger partial charge in [0.25, 0.3) is 5.79 Å². The fraction of sp³-hybridized carbons (Fsp3) is 0.333. The molecule has 3 amide bonds. The molecule has 0 saturated heterocycles. The van der Waals surface area contributed by atoms with Crippen molar-refractivity contribution >= 4 is 17.6 Å². The smallest absolute Gasteiger partial charge is 0.312 e. The van der Waals surface area contributed by atoms with E-state index in [1.165, 1.54) is 0 Å². The summed E-state index contributed by atoms with van der Waals surface area (Å²) in [6.45, 7) is 0. The second kappa shape index (κ2) is 7.42. The van der Waals surface area contributed by atoms with Crippen LogP contribution < -0.4 is 25.8 Å². The van der Waals surface area contributed by atoms with Gasteiger partial charge in [0.15, 0.2) is 11.5 Å². The van der Waals surface area contributed by atoms with Crippen molar-refractivity contribution < 1.29 is 19.1 Å². The van der Waals surface area contributed by atoms with Crippen LogP contribution in [-0.4, -0.2) is 23.8 Å². The molecule has 0 aromatic heterocycles. The lowest BCUT2D eigenvalue weighted by atomic mass is 10.1. The van der Waals surface area contributed by atoms with Gasteiger partial charge < -0.3 is 25.8 Å². The van der Waals surface area contributed by atoms with Gasteiger partial charge in [-0.2, -0.15) is 0 Å². The number of nitrogens with two attached hydrogens (primary N) is 1. The maximum Gasteiger partial charge on any atom is 0.312 e. The van der Waals surface area contributed by atoms with Crippen LogP contribution in [0.2, 0.25) is 0 Å². The number of nitrogens with one attached hydrogen (secondary N) is 2. The lowest BCUT2D eigenvalue weighted by molar-refractivity contribution is -0.117. The van der Waals surface area contributed by atoms with E-state index in [-0.39, 0.29) is 5.91 Å². The molecule has 7 nitrogen and oxygen atoms in total. The number of benzene rings is 2. The van der Waals surface area contributed by atoms with E-state index in [0.29, 0.717) is 23.6 Å². The molecule has 146 valence electrons. The Morgan fingerprint density at radius 1 is 1.04 bits per heavy atom. The Kier molecular flexibility index (Phi) is 4.81. The number of primary amides is 1. The van der Waals surface area contributed by atoms with Crippen molar-refractivity contribution in [2.45, 2.75) is 43.9 Å². The van der Waals surface area contributed by atoms with Crippen molar-refractivity contribution in [2.24, 2.45) is 5.73 Å². The Hall–Kier alpha value is -3.22. The quantitative estimate of drug-likeness (QED) is 0.741. The predicted molar refractivity (Wildman–Crippen MR) is 104 cm³/mol. The van der Waals surface area contributed by atoms with Crippen LogP contribution in [0.1, 0.15) is 31.2 Å². The van der Waals surface area contributed by atoms with Crippen LogP contribution in [0.15, 0.2) is 48.5 Å². The summed E-state index contributed by atoms with van der Waals surface area (Å²) in [5.41, 5.74) is 6.75. The van der Waals surface area contributed by atoms with Gasteiger partial charge in [-0.05, 0) is 30.5 Å². The minimum absolute atomic E-state index is 0.337. The number of rotatable bonds is 5. The number of carbonyl (C=O) groups is 2. The van der Waals surface area contributed by atoms with Gasteiger partial charge in [0, 0.05) is 31.0 Å². The molecule has 2 aromatic rings. The zero-order valence-corrected chi connectivity index (χ0v) is 15.4. The predicted octanol–water partition coefficient (Wildman–Crippen LogP) is 2.95. The highest BCUT2D eigenvalue weighted by Crippen LogP contribution is 2.47. The van der Waals surface area contributed by atoms with E-state index in [2.05, 4.69) is 10.6 Å².